The molecule has 0 atom stereocenters. The maximum absolute atomic E-state index is 5.52. The van der Waals surface area contributed by atoms with Gasteiger partial charge in [-0.25, -0.2) is 0 Å². The van der Waals surface area contributed by atoms with Gasteiger partial charge in [0.1, 0.15) is 0 Å². The molecule has 0 bridgehead atoms. The minimum atomic E-state index is 0.666. The number of rotatable bonds is 5. The lowest BCUT2D eigenvalue weighted by Crippen LogP contribution is -2.47. The molecule has 1 aliphatic heterocycles. The summed E-state index contributed by atoms with van der Waals surface area (Å²) in [7, 11) is 0. The number of thiocarbonyl (C=S) groups is 1. The van der Waals surface area contributed by atoms with E-state index in [4.69, 9.17) is 17.0 Å². The van der Waals surface area contributed by atoms with Gasteiger partial charge in [-0.1, -0.05) is 19.3 Å². The van der Waals surface area contributed by atoms with Gasteiger partial charge in [0, 0.05) is 32.8 Å². The van der Waals surface area contributed by atoms with Gasteiger partial charge < -0.3 is 15.0 Å². The summed E-state index contributed by atoms with van der Waals surface area (Å²) in [4.78, 5) is 2.37. The molecule has 2 aliphatic rings. The van der Waals surface area contributed by atoms with Crippen molar-refractivity contribution in [2.75, 3.05) is 32.8 Å². The lowest BCUT2D eigenvalue weighted by atomic mass is 9.68. The van der Waals surface area contributed by atoms with E-state index in [0.717, 1.165) is 44.4 Å². The highest BCUT2D eigenvalue weighted by molar-refractivity contribution is 7.80. The Balaban J connectivity index is 1.64. The van der Waals surface area contributed by atoms with Gasteiger partial charge in [-0.3, -0.25) is 0 Å². The van der Waals surface area contributed by atoms with E-state index in [1.54, 1.807) is 0 Å². The molecule has 1 spiro atoms. The summed E-state index contributed by atoms with van der Waals surface area (Å²) in [5.74, 6) is 0. The van der Waals surface area contributed by atoms with Crippen LogP contribution in [0.4, 0.5) is 0 Å². The van der Waals surface area contributed by atoms with Crippen molar-refractivity contribution < 1.29 is 4.74 Å². The standard InChI is InChI=1S/C16H30N2OS/c1-2-19-14-6-11-17-15(20)18-12-9-16(10-13-18)7-4-3-5-8-16/h2-14H2,1H3,(H,17,20). The number of ether oxygens (including phenoxy) is 1. The second-order valence-electron chi connectivity index (χ2n) is 6.33. The van der Waals surface area contributed by atoms with Crippen LogP contribution >= 0.6 is 12.2 Å². The van der Waals surface area contributed by atoms with E-state index >= 15 is 0 Å². The minimum Gasteiger partial charge on any atom is -0.382 e. The molecule has 3 nitrogen and oxygen atoms in total. The van der Waals surface area contributed by atoms with Crippen LogP contribution in [0.15, 0.2) is 0 Å². The smallest absolute Gasteiger partial charge is 0.168 e. The highest BCUT2D eigenvalue weighted by Crippen LogP contribution is 2.44. The Hall–Kier alpha value is -0.350. The zero-order valence-electron chi connectivity index (χ0n) is 13.0. The summed E-state index contributed by atoms with van der Waals surface area (Å²) < 4.78 is 5.34. The molecule has 1 aliphatic carbocycles. The van der Waals surface area contributed by atoms with Crippen molar-refractivity contribution >= 4 is 17.3 Å². The fourth-order valence-electron chi connectivity index (χ4n) is 3.61. The Morgan fingerprint density at radius 3 is 2.50 bits per heavy atom. The Labute approximate surface area is 129 Å². The summed E-state index contributed by atoms with van der Waals surface area (Å²) in [5.41, 5.74) is 0.666. The first-order chi connectivity index (χ1) is 9.76. The molecule has 4 heteroatoms. The Bertz CT molecular complexity index is 293. The van der Waals surface area contributed by atoms with Crippen LogP contribution in [0.25, 0.3) is 0 Å². The predicted molar refractivity (Wildman–Crippen MR) is 88.0 cm³/mol. The second-order valence-corrected chi connectivity index (χ2v) is 6.72. The molecule has 0 aromatic rings. The van der Waals surface area contributed by atoms with E-state index in [1.807, 2.05) is 6.92 Å². The van der Waals surface area contributed by atoms with Gasteiger partial charge in [0.15, 0.2) is 5.11 Å². The van der Waals surface area contributed by atoms with E-state index in [0.29, 0.717) is 5.41 Å². The number of likely N-dealkylation sites (tertiary alicyclic amines) is 1. The Morgan fingerprint density at radius 2 is 1.85 bits per heavy atom. The molecule has 0 aromatic carbocycles. The summed E-state index contributed by atoms with van der Waals surface area (Å²) >= 11 is 5.52. The largest absolute Gasteiger partial charge is 0.382 e. The SMILES string of the molecule is CCOCCCNC(=S)N1CCC2(CCCCC2)CC1. The van der Waals surface area contributed by atoms with E-state index < -0.39 is 0 Å². The van der Waals surface area contributed by atoms with Crippen molar-refractivity contribution in [1.82, 2.24) is 10.2 Å². The normalized spacial score (nSPS) is 21.9. The number of nitrogens with zero attached hydrogens (tertiary/aromatic N) is 1. The first kappa shape index (κ1) is 16.0. The summed E-state index contributed by atoms with van der Waals surface area (Å²) in [6.45, 7) is 6.90. The zero-order valence-corrected chi connectivity index (χ0v) is 13.8. The van der Waals surface area contributed by atoms with E-state index in [1.165, 1.54) is 44.9 Å². The van der Waals surface area contributed by atoms with Crippen molar-refractivity contribution in [3.63, 3.8) is 0 Å². The highest BCUT2D eigenvalue weighted by atomic mass is 32.1. The average Bonchev–Trinajstić information content (AvgIpc) is 2.48. The van der Waals surface area contributed by atoms with Gasteiger partial charge in [-0.2, -0.15) is 0 Å². The molecule has 1 N–H and O–H groups in total. The van der Waals surface area contributed by atoms with Crippen molar-refractivity contribution in [2.24, 2.45) is 5.41 Å². The van der Waals surface area contributed by atoms with Crippen LogP contribution in [0.3, 0.4) is 0 Å². The van der Waals surface area contributed by atoms with E-state index in [2.05, 4.69) is 10.2 Å². The van der Waals surface area contributed by atoms with Crippen molar-refractivity contribution in [3.8, 4) is 0 Å². The molecule has 116 valence electrons. The second kappa shape index (κ2) is 8.18. The topological polar surface area (TPSA) is 24.5 Å². The van der Waals surface area contributed by atoms with E-state index in [-0.39, 0.29) is 0 Å². The zero-order chi connectivity index (χ0) is 14.3. The molecule has 1 heterocycles. The van der Waals surface area contributed by atoms with Crippen LogP contribution in [0.1, 0.15) is 58.3 Å². The molecular weight excluding hydrogens is 268 g/mol. The molecule has 0 unspecified atom stereocenters. The first-order valence-corrected chi connectivity index (χ1v) is 8.77. The van der Waals surface area contributed by atoms with E-state index in [9.17, 15) is 0 Å². The lowest BCUT2D eigenvalue weighted by Gasteiger charge is -2.45. The number of piperidine rings is 1. The molecular formula is C16H30N2OS. The van der Waals surface area contributed by atoms with Crippen molar-refractivity contribution in [2.45, 2.75) is 58.3 Å². The van der Waals surface area contributed by atoms with Gasteiger partial charge in [-0.05, 0) is 56.7 Å². The minimum absolute atomic E-state index is 0.666. The fourth-order valence-corrected chi connectivity index (χ4v) is 3.90. The van der Waals surface area contributed by atoms with Crippen LogP contribution in [-0.2, 0) is 4.74 Å². The maximum atomic E-state index is 5.52. The number of nitrogens with one attached hydrogen (secondary N) is 1. The van der Waals surface area contributed by atoms with Crippen LogP contribution in [0, 0.1) is 5.41 Å². The summed E-state index contributed by atoms with van der Waals surface area (Å²) in [5, 5.41) is 4.33. The molecule has 20 heavy (non-hydrogen) atoms. The number of hydrogen-bond donors (Lipinski definition) is 1. The van der Waals surface area contributed by atoms with Gasteiger partial charge in [0.05, 0.1) is 0 Å². The molecule has 1 saturated carbocycles. The Morgan fingerprint density at radius 1 is 1.15 bits per heavy atom. The third kappa shape index (κ3) is 4.59. The number of hydrogen-bond acceptors (Lipinski definition) is 2. The molecule has 0 aromatic heterocycles. The quantitative estimate of drug-likeness (QED) is 0.621. The predicted octanol–water partition coefficient (Wildman–Crippen LogP) is 3.33. The third-order valence-corrected chi connectivity index (χ3v) is 5.37. The summed E-state index contributed by atoms with van der Waals surface area (Å²) in [6.07, 6.45) is 11.0. The van der Waals surface area contributed by atoms with Crippen molar-refractivity contribution in [3.05, 3.63) is 0 Å². The third-order valence-electron chi connectivity index (χ3n) is 4.97. The van der Waals surface area contributed by atoms with Gasteiger partial charge in [0.25, 0.3) is 0 Å². The monoisotopic (exact) mass is 298 g/mol. The molecule has 2 rings (SSSR count). The van der Waals surface area contributed by atoms with Crippen LogP contribution in [0.2, 0.25) is 0 Å². The van der Waals surface area contributed by atoms with Gasteiger partial charge in [0.2, 0.25) is 0 Å². The van der Waals surface area contributed by atoms with Gasteiger partial charge in [-0.15, -0.1) is 0 Å². The van der Waals surface area contributed by atoms with Crippen LogP contribution < -0.4 is 5.32 Å². The molecule has 2 fully saturated rings. The highest BCUT2D eigenvalue weighted by Gasteiger charge is 2.35. The molecule has 1 saturated heterocycles. The molecule has 0 amide bonds. The van der Waals surface area contributed by atoms with Crippen molar-refractivity contribution in [1.29, 1.82) is 0 Å². The summed E-state index contributed by atoms with van der Waals surface area (Å²) in [6, 6.07) is 0. The fraction of sp³-hybridized carbons (Fsp3) is 0.938. The van der Waals surface area contributed by atoms with Crippen LogP contribution in [-0.4, -0.2) is 42.9 Å². The Kier molecular flexibility index (Phi) is 6.56. The first-order valence-electron chi connectivity index (χ1n) is 8.36. The lowest BCUT2D eigenvalue weighted by molar-refractivity contribution is 0.0972. The van der Waals surface area contributed by atoms with Gasteiger partial charge >= 0.3 is 0 Å². The molecule has 0 radical (unpaired) electrons. The maximum Gasteiger partial charge on any atom is 0.168 e. The van der Waals surface area contributed by atoms with Crippen LogP contribution in [0.5, 0.6) is 0 Å². The average molecular weight is 298 g/mol.